The molecule has 0 saturated carbocycles. The van der Waals surface area contributed by atoms with Crippen molar-refractivity contribution in [3.05, 3.63) is 30.1 Å². The molecule has 0 fully saturated rings. The van der Waals surface area contributed by atoms with E-state index < -0.39 is 6.10 Å². The van der Waals surface area contributed by atoms with Crippen LogP contribution in [0.4, 0.5) is 0 Å². The van der Waals surface area contributed by atoms with Crippen LogP contribution in [0, 0.1) is 0 Å². The van der Waals surface area contributed by atoms with Crippen LogP contribution in [0.15, 0.2) is 24.5 Å². The quantitative estimate of drug-likeness (QED) is 0.774. The maximum atomic E-state index is 9.94. The second-order valence-corrected chi connectivity index (χ2v) is 4.44. The molecule has 16 heavy (non-hydrogen) atoms. The van der Waals surface area contributed by atoms with E-state index >= 15 is 0 Å². The van der Waals surface area contributed by atoms with E-state index in [1.807, 2.05) is 12.1 Å². The molecule has 1 aromatic heterocycles. The van der Waals surface area contributed by atoms with Crippen molar-refractivity contribution in [2.75, 3.05) is 0 Å². The van der Waals surface area contributed by atoms with Gasteiger partial charge >= 0.3 is 0 Å². The lowest BCUT2D eigenvalue weighted by molar-refractivity contribution is 0.124. The molecule has 3 unspecified atom stereocenters. The summed E-state index contributed by atoms with van der Waals surface area (Å²) in [5.74, 6) is 0.320. The number of aliphatic hydroxyl groups is 1. The summed E-state index contributed by atoms with van der Waals surface area (Å²) >= 11 is 0. The van der Waals surface area contributed by atoms with Crippen molar-refractivity contribution in [3.8, 4) is 0 Å². The van der Waals surface area contributed by atoms with Crippen LogP contribution in [-0.2, 0) is 0 Å². The van der Waals surface area contributed by atoms with E-state index in [4.69, 9.17) is 5.73 Å². The number of aromatic nitrogens is 1. The Bertz CT molecular complexity index is 289. The summed E-state index contributed by atoms with van der Waals surface area (Å²) < 4.78 is 0. The fraction of sp³-hybridized carbons (Fsp3) is 0.615. The maximum absolute atomic E-state index is 9.94. The van der Waals surface area contributed by atoms with Crippen molar-refractivity contribution in [2.24, 2.45) is 5.73 Å². The maximum Gasteiger partial charge on any atom is 0.0696 e. The van der Waals surface area contributed by atoms with Crippen molar-refractivity contribution in [1.29, 1.82) is 0 Å². The van der Waals surface area contributed by atoms with Gasteiger partial charge in [-0.25, -0.2) is 0 Å². The highest BCUT2D eigenvalue weighted by molar-refractivity contribution is 5.14. The van der Waals surface area contributed by atoms with Gasteiger partial charge in [0, 0.05) is 18.4 Å². The molecular weight excluding hydrogens is 200 g/mol. The highest BCUT2D eigenvalue weighted by atomic mass is 16.3. The number of hydrogen-bond acceptors (Lipinski definition) is 3. The molecule has 0 aromatic carbocycles. The molecule has 3 atom stereocenters. The molecule has 0 aliphatic heterocycles. The fourth-order valence-corrected chi connectivity index (χ4v) is 1.89. The molecule has 1 aromatic rings. The van der Waals surface area contributed by atoms with E-state index in [0.29, 0.717) is 12.3 Å². The SMILES string of the molecule is CCCC(N)C(O)CC(C)c1ccncc1. The summed E-state index contributed by atoms with van der Waals surface area (Å²) in [6.45, 7) is 4.19. The minimum Gasteiger partial charge on any atom is -0.391 e. The first-order valence-electron chi connectivity index (χ1n) is 5.98. The minimum atomic E-state index is -0.414. The van der Waals surface area contributed by atoms with Crippen molar-refractivity contribution < 1.29 is 5.11 Å². The van der Waals surface area contributed by atoms with Crippen LogP contribution in [0.5, 0.6) is 0 Å². The van der Waals surface area contributed by atoms with Crippen LogP contribution in [0.1, 0.15) is 44.6 Å². The predicted octanol–water partition coefficient (Wildman–Crippen LogP) is 2.06. The van der Waals surface area contributed by atoms with E-state index in [-0.39, 0.29) is 6.04 Å². The van der Waals surface area contributed by atoms with Gasteiger partial charge in [0.15, 0.2) is 0 Å². The number of nitrogens with zero attached hydrogens (tertiary/aromatic N) is 1. The molecule has 3 heteroatoms. The summed E-state index contributed by atoms with van der Waals surface area (Å²) in [7, 11) is 0. The molecule has 90 valence electrons. The number of nitrogens with two attached hydrogens (primary N) is 1. The average Bonchev–Trinajstić information content (AvgIpc) is 2.30. The largest absolute Gasteiger partial charge is 0.391 e. The Morgan fingerprint density at radius 1 is 1.38 bits per heavy atom. The van der Waals surface area contributed by atoms with Crippen molar-refractivity contribution in [2.45, 2.75) is 51.2 Å². The predicted molar refractivity (Wildman–Crippen MR) is 66.2 cm³/mol. The summed E-state index contributed by atoms with van der Waals surface area (Å²) in [6, 6.07) is 3.88. The van der Waals surface area contributed by atoms with E-state index in [0.717, 1.165) is 12.8 Å². The van der Waals surface area contributed by atoms with Gasteiger partial charge in [0.25, 0.3) is 0 Å². The van der Waals surface area contributed by atoms with Gasteiger partial charge in [-0.15, -0.1) is 0 Å². The number of aliphatic hydroxyl groups excluding tert-OH is 1. The van der Waals surface area contributed by atoms with Gasteiger partial charge in [-0.1, -0.05) is 20.3 Å². The first-order valence-corrected chi connectivity index (χ1v) is 5.98. The highest BCUT2D eigenvalue weighted by Gasteiger charge is 2.17. The monoisotopic (exact) mass is 222 g/mol. The first kappa shape index (κ1) is 13.1. The normalized spacial score (nSPS) is 16.8. The van der Waals surface area contributed by atoms with E-state index in [1.165, 1.54) is 5.56 Å². The lowest BCUT2D eigenvalue weighted by atomic mass is 9.92. The van der Waals surface area contributed by atoms with Crippen LogP contribution in [0.2, 0.25) is 0 Å². The molecule has 0 saturated heterocycles. The fourth-order valence-electron chi connectivity index (χ4n) is 1.89. The molecule has 0 amide bonds. The van der Waals surface area contributed by atoms with Gasteiger partial charge in [-0.3, -0.25) is 4.98 Å². The second-order valence-electron chi connectivity index (χ2n) is 4.44. The van der Waals surface area contributed by atoms with Crippen LogP contribution in [0.25, 0.3) is 0 Å². The van der Waals surface area contributed by atoms with Gasteiger partial charge in [0.2, 0.25) is 0 Å². The minimum absolute atomic E-state index is 0.103. The van der Waals surface area contributed by atoms with Gasteiger partial charge < -0.3 is 10.8 Å². The Labute approximate surface area is 97.7 Å². The molecule has 3 N–H and O–H groups in total. The van der Waals surface area contributed by atoms with Crippen molar-refractivity contribution in [1.82, 2.24) is 4.98 Å². The van der Waals surface area contributed by atoms with Gasteiger partial charge in [0.1, 0.15) is 0 Å². The topological polar surface area (TPSA) is 59.1 Å². The molecule has 3 nitrogen and oxygen atoms in total. The van der Waals surface area contributed by atoms with Crippen LogP contribution in [0.3, 0.4) is 0 Å². The van der Waals surface area contributed by atoms with Crippen LogP contribution >= 0.6 is 0 Å². The Morgan fingerprint density at radius 2 is 2.00 bits per heavy atom. The van der Waals surface area contributed by atoms with Gasteiger partial charge in [-0.05, 0) is 36.5 Å². The number of pyridine rings is 1. The van der Waals surface area contributed by atoms with Crippen LogP contribution < -0.4 is 5.73 Å². The van der Waals surface area contributed by atoms with Crippen LogP contribution in [-0.4, -0.2) is 22.2 Å². The second kappa shape index (κ2) is 6.61. The summed E-state index contributed by atoms with van der Waals surface area (Å²) in [4.78, 5) is 3.98. The molecule has 0 bridgehead atoms. The standard InChI is InChI=1S/C13H22N2O/c1-3-4-12(14)13(16)9-10(2)11-5-7-15-8-6-11/h5-8,10,12-13,16H,3-4,9,14H2,1-2H3. The third-order valence-electron chi connectivity index (χ3n) is 2.99. The molecule has 0 aliphatic carbocycles. The molecule has 0 spiro atoms. The molecule has 0 aliphatic rings. The lowest BCUT2D eigenvalue weighted by Crippen LogP contribution is -2.35. The molecule has 1 heterocycles. The smallest absolute Gasteiger partial charge is 0.0696 e. The van der Waals surface area contributed by atoms with Crippen molar-refractivity contribution >= 4 is 0 Å². The average molecular weight is 222 g/mol. The lowest BCUT2D eigenvalue weighted by Gasteiger charge is -2.21. The van der Waals surface area contributed by atoms with E-state index in [9.17, 15) is 5.11 Å². The Kier molecular flexibility index (Phi) is 5.43. The summed E-state index contributed by atoms with van der Waals surface area (Å²) in [5, 5.41) is 9.94. The third kappa shape index (κ3) is 3.91. The van der Waals surface area contributed by atoms with Gasteiger partial charge in [-0.2, -0.15) is 0 Å². The zero-order valence-electron chi connectivity index (χ0n) is 10.1. The molecule has 1 rings (SSSR count). The Hall–Kier alpha value is -0.930. The van der Waals surface area contributed by atoms with Gasteiger partial charge in [0.05, 0.1) is 6.10 Å². The van der Waals surface area contributed by atoms with E-state index in [2.05, 4.69) is 18.8 Å². The van der Waals surface area contributed by atoms with Crippen molar-refractivity contribution in [3.63, 3.8) is 0 Å². The zero-order valence-corrected chi connectivity index (χ0v) is 10.1. The first-order chi connectivity index (χ1) is 7.65. The zero-order chi connectivity index (χ0) is 12.0. The number of rotatable bonds is 6. The summed E-state index contributed by atoms with van der Waals surface area (Å²) in [5.41, 5.74) is 7.10. The summed E-state index contributed by atoms with van der Waals surface area (Å²) in [6.07, 6.45) is 5.76. The third-order valence-corrected chi connectivity index (χ3v) is 2.99. The highest BCUT2D eigenvalue weighted by Crippen LogP contribution is 2.21. The molecule has 0 radical (unpaired) electrons. The van der Waals surface area contributed by atoms with E-state index in [1.54, 1.807) is 12.4 Å². The Morgan fingerprint density at radius 3 is 2.56 bits per heavy atom. The Balaban J connectivity index is 2.48. The number of hydrogen-bond donors (Lipinski definition) is 2. The molecular formula is C13H22N2O.